The molecule has 4 rings (SSSR count). The second-order valence-corrected chi connectivity index (χ2v) is 10.7. The molecular formula is C31H34N2O5. The number of carboxylic acids is 1. The fourth-order valence-corrected chi connectivity index (χ4v) is 4.60. The highest BCUT2D eigenvalue weighted by Crippen LogP contribution is 2.25. The third-order valence-corrected chi connectivity index (χ3v) is 6.87. The summed E-state index contributed by atoms with van der Waals surface area (Å²) in [6, 6.07) is 22.7. The van der Waals surface area contributed by atoms with Gasteiger partial charge in [0.1, 0.15) is 18.7 Å². The lowest BCUT2D eigenvalue weighted by Crippen LogP contribution is -2.56. The topological polar surface area (TPSA) is 95.9 Å². The molecule has 0 aromatic heterocycles. The first kappa shape index (κ1) is 26.9. The molecule has 0 radical (unpaired) electrons. The Labute approximate surface area is 223 Å². The number of fused-ring (bicyclic) bond motifs is 1. The monoisotopic (exact) mass is 514 g/mol. The zero-order valence-corrected chi connectivity index (χ0v) is 22.0. The van der Waals surface area contributed by atoms with Crippen LogP contribution in [0.4, 0.5) is 4.79 Å². The summed E-state index contributed by atoms with van der Waals surface area (Å²) in [5.74, 6) is -1.65. The van der Waals surface area contributed by atoms with E-state index < -0.39 is 30.1 Å². The Balaban J connectivity index is 1.50. The Morgan fingerprint density at radius 3 is 2.18 bits per heavy atom. The maximum absolute atomic E-state index is 13.5. The second kappa shape index (κ2) is 11.5. The first-order valence-electron chi connectivity index (χ1n) is 12.8. The van der Waals surface area contributed by atoms with Crippen molar-refractivity contribution in [3.05, 3.63) is 107 Å². The average Bonchev–Trinajstić information content (AvgIpc) is 2.90. The van der Waals surface area contributed by atoms with Crippen LogP contribution in [0, 0.1) is 0 Å². The largest absolute Gasteiger partial charge is 0.480 e. The van der Waals surface area contributed by atoms with Crippen molar-refractivity contribution in [2.24, 2.45) is 0 Å². The fraction of sp³-hybridized carbons (Fsp3) is 0.323. The molecule has 38 heavy (non-hydrogen) atoms. The highest BCUT2D eigenvalue weighted by molar-refractivity contribution is 5.90. The Kier molecular flexibility index (Phi) is 8.15. The Morgan fingerprint density at radius 1 is 0.921 bits per heavy atom. The maximum atomic E-state index is 13.5. The standard InChI is InChI=1S/C31H34N2O5/c1-31(2,3)25-15-13-21(14-16-25)17-26(29(35)36)32-28(34)27-18-23-11-7-8-12-24(23)19-33(27)30(37)38-20-22-9-5-4-6-10-22/h4-16,26-27H,17-20H2,1-3H3,(H,32,34)(H,35,36)/t26-,27-/m0/s1. The van der Waals surface area contributed by atoms with Crippen LogP contribution in [-0.2, 0) is 45.7 Å². The molecule has 2 N–H and O–H groups in total. The van der Waals surface area contributed by atoms with E-state index in [9.17, 15) is 19.5 Å². The van der Waals surface area contributed by atoms with Crippen LogP contribution in [-0.4, -0.2) is 40.1 Å². The van der Waals surface area contributed by atoms with Gasteiger partial charge in [0.25, 0.3) is 0 Å². The van der Waals surface area contributed by atoms with Crippen LogP contribution in [0.1, 0.15) is 48.6 Å². The number of carbonyl (C=O) groups is 3. The maximum Gasteiger partial charge on any atom is 0.411 e. The van der Waals surface area contributed by atoms with E-state index in [0.29, 0.717) is 0 Å². The molecule has 1 aliphatic rings. The summed E-state index contributed by atoms with van der Waals surface area (Å²) >= 11 is 0. The molecule has 7 heteroatoms. The molecule has 0 aliphatic carbocycles. The van der Waals surface area contributed by atoms with Crippen molar-refractivity contribution < 1.29 is 24.2 Å². The molecule has 2 amide bonds. The van der Waals surface area contributed by atoms with Crippen LogP contribution in [0.3, 0.4) is 0 Å². The fourth-order valence-electron chi connectivity index (χ4n) is 4.60. The molecule has 3 aromatic rings. The number of carboxylic acid groups (broad SMARTS) is 1. The van der Waals surface area contributed by atoms with Crippen LogP contribution < -0.4 is 5.32 Å². The number of nitrogens with zero attached hydrogens (tertiary/aromatic N) is 1. The van der Waals surface area contributed by atoms with Gasteiger partial charge in [-0.3, -0.25) is 9.69 Å². The molecule has 0 fully saturated rings. The number of hydrogen-bond donors (Lipinski definition) is 2. The molecule has 0 unspecified atom stereocenters. The number of aliphatic carboxylic acids is 1. The van der Waals surface area contributed by atoms with E-state index in [1.54, 1.807) is 0 Å². The van der Waals surface area contributed by atoms with Gasteiger partial charge < -0.3 is 15.2 Å². The number of nitrogens with one attached hydrogen (secondary N) is 1. The van der Waals surface area contributed by atoms with Crippen molar-refractivity contribution in [2.45, 2.75) is 64.3 Å². The molecule has 0 saturated heterocycles. The normalized spacial score (nSPS) is 15.8. The number of ether oxygens (including phenoxy) is 1. The van der Waals surface area contributed by atoms with Crippen LogP contribution in [0.15, 0.2) is 78.9 Å². The van der Waals surface area contributed by atoms with Gasteiger partial charge in [-0.05, 0) is 33.2 Å². The molecule has 3 aromatic carbocycles. The summed E-state index contributed by atoms with van der Waals surface area (Å²) in [7, 11) is 0. The Bertz CT molecular complexity index is 1280. The van der Waals surface area contributed by atoms with Crippen molar-refractivity contribution in [3.8, 4) is 0 Å². The van der Waals surface area contributed by atoms with Gasteiger partial charge in [0.15, 0.2) is 0 Å². The molecule has 0 spiro atoms. The first-order valence-corrected chi connectivity index (χ1v) is 12.8. The number of rotatable bonds is 7. The Morgan fingerprint density at radius 2 is 1.55 bits per heavy atom. The molecule has 0 saturated carbocycles. The molecule has 1 heterocycles. The smallest absolute Gasteiger partial charge is 0.411 e. The predicted molar refractivity (Wildman–Crippen MR) is 145 cm³/mol. The zero-order valence-electron chi connectivity index (χ0n) is 22.0. The van der Waals surface area contributed by atoms with E-state index in [4.69, 9.17) is 4.74 Å². The minimum atomic E-state index is -1.14. The summed E-state index contributed by atoms with van der Waals surface area (Å²) in [5.41, 5.74) is 4.64. The molecule has 0 bridgehead atoms. The van der Waals surface area contributed by atoms with Crippen molar-refractivity contribution in [1.82, 2.24) is 10.2 Å². The number of carbonyl (C=O) groups excluding carboxylic acids is 2. The van der Waals surface area contributed by atoms with Crippen LogP contribution in [0.2, 0.25) is 0 Å². The minimum Gasteiger partial charge on any atom is -0.480 e. The van der Waals surface area contributed by atoms with Crippen molar-refractivity contribution in [2.75, 3.05) is 0 Å². The number of hydrogen-bond acceptors (Lipinski definition) is 4. The minimum absolute atomic E-state index is 0.0191. The lowest BCUT2D eigenvalue weighted by molar-refractivity contribution is -0.142. The van der Waals surface area contributed by atoms with E-state index in [1.165, 1.54) is 4.90 Å². The Hall–Kier alpha value is -4.13. The van der Waals surface area contributed by atoms with E-state index in [1.807, 2.05) is 78.9 Å². The van der Waals surface area contributed by atoms with Crippen LogP contribution in [0.5, 0.6) is 0 Å². The van der Waals surface area contributed by atoms with Crippen molar-refractivity contribution in [1.29, 1.82) is 0 Å². The number of benzene rings is 3. The SMILES string of the molecule is CC(C)(C)c1ccc(C[C@H](NC(=O)[C@@H]2Cc3ccccc3CN2C(=O)OCc2ccccc2)C(=O)O)cc1. The molecule has 2 atom stereocenters. The van der Waals surface area contributed by atoms with Crippen LogP contribution >= 0.6 is 0 Å². The van der Waals surface area contributed by atoms with Crippen LogP contribution in [0.25, 0.3) is 0 Å². The summed E-state index contributed by atoms with van der Waals surface area (Å²) in [5, 5.41) is 12.6. The zero-order chi connectivity index (χ0) is 27.3. The first-order chi connectivity index (χ1) is 18.1. The second-order valence-electron chi connectivity index (χ2n) is 10.7. The van der Waals surface area contributed by atoms with Gasteiger partial charge >= 0.3 is 12.1 Å². The van der Waals surface area contributed by atoms with Gasteiger partial charge in [0, 0.05) is 12.8 Å². The third kappa shape index (κ3) is 6.59. The average molecular weight is 515 g/mol. The number of amides is 2. The van der Waals surface area contributed by atoms with Gasteiger partial charge in [-0.15, -0.1) is 0 Å². The lowest BCUT2D eigenvalue weighted by Gasteiger charge is -2.35. The van der Waals surface area contributed by atoms with Crippen molar-refractivity contribution in [3.63, 3.8) is 0 Å². The molecule has 198 valence electrons. The van der Waals surface area contributed by atoms with Gasteiger partial charge in [0.2, 0.25) is 5.91 Å². The van der Waals surface area contributed by atoms with E-state index in [0.717, 1.165) is 27.8 Å². The molecular weight excluding hydrogens is 480 g/mol. The summed E-state index contributed by atoms with van der Waals surface area (Å²) in [6.07, 6.45) is -0.212. The summed E-state index contributed by atoms with van der Waals surface area (Å²) < 4.78 is 5.54. The highest BCUT2D eigenvalue weighted by atomic mass is 16.6. The van der Waals surface area contributed by atoms with Gasteiger partial charge in [0.05, 0.1) is 6.54 Å². The summed E-state index contributed by atoms with van der Waals surface area (Å²) in [4.78, 5) is 40.1. The predicted octanol–water partition coefficient (Wildman–Crippen LogP) is 4.86. The summed E-state index contributed by atoms with van der Waals surface area (Å²) in [6.45, 7) is 6.62. The third-order valence-electron chi connectivity index (χ3n) is 6.87. The van der Waals surface area contributed by atoms with Gasteiger partial charge in [-0.1, -0.05) is 99.6 Å². The molecule has 7 nitrogen and oxygen atoms in total. The lowest BCUT2D eigenvalue weighted by atomic mass is 9.86. The van der Waals surface area contributed by atoms with E-state index in [-0.39, 0.29) is 31.4 Å². The van der Waals surface area contributed by atoms with Gasteiger partial charge in [-0.2, -0.15) is 0 Å². The highest BCUT2D eigenvalue weighted by Gasteiger charge is 2.37. The van der Waals surface area contributed by atoms with E-state index in [2.05, 4.69) is 26.1 Å². The van der Waals surface area contributed by atoms with Gasteiger partial charge in [-0.25, -0.2) is 9.59 Å². The quantitative estimate of drug-likeness (QED) is 0.470. The van der Waals surface area contributed by atoms with E-state index >= 15 is 0 Å². The molecule has 1 aliphatic heterocycles. The van der Waals surface area contributed by atoms with Crippen molar-refractivity contribution >= 4 is 18.0 Å².